The van der Waals surface area contributed by atoms with Crippen molar-refractivity contribution in [2.75, 3.05) is 5.73 Å². The van der Waals surface area contributed by atoms with Gasteiger partial charge in [0, 0.05) is 11.7 Å². The van der Waals surface area contributed by atoms with E-state index in [1.807, 2.05) is 0 Å². The van der Waals surface area contributed by atoms with Crippen LogP contribution >= 0.6 is 0 Å². The molecular formula is C14H16N2O2. The number of rotatable bonds is 1. The molecule has 0 saturated heterocycles. The van der Waals surface area contributed by atoms with Gasteiger partial charge >= 0.3 is 0 Å². The first-order valence-electron chi connectivity index (χ1n) is 6.35. The van der Waals surface area contributed by atoms with Gasteiger partial charge in [0.1, 0.15) is 0 Å². The molecule has 2 amide bonds. The largest absolute Gasteiger partial charge is 0.399 e. The first kappa shape index (κ1) is 11.3. The van der Waals surface area contributed by atoms with Crippen molar-refractivity contribution in [2.24, 2.45) is 5.92 Å². The van der Waals surface area contributed by atoms with Gasteiger partial charge in [-0.1, -0.05) is 6.92 Å². The van der Waals surface area contributed by atoms with Crippen LogP contribution in [0.4, 0.5) is 5.69 Å². The molecule has 4 heteroatoms. The van der Waals surface area contributed by atoms with Gasteiger partial charge in [0.05, 0.1) is 11.1 Å². The van der Waals surface area contributed by atoms with Gasteiger partial charge in [0.15, 0.2) is 0 Å². The zero-order valence-corrected chi connectivity index (χ0v) is 10.3. The standard InChI is InChI=1S/C14H16N2O2/c1-8-2-4-10(6-8)16-13(17)11-5-3-9(15)7-12(11)14(16)18/h3,5,7-8,10H,2,4,6,15H2,1H3. The number of carbonyl (C=O) groups excluding carboxylic acids is 2. The van der Waals surface area contributed by atoms with Crippen LogP contribution < -0.4 is 5.73 Å². The molecule has 3 rings (SSSR count). The molecule has 0 aromatic heterocycles. The van der Waals surface area contributed by atoms with Crippen molar-refractivity contribution in [1.29, 1.82) is 0 Å². The maximum Gasteiger partial charge on any atom is 0.261 e. The Morgan fingerprint density at radius 1 is 1.17 bits per heavy atom. The Hall–Kier alpha value is -1.84. The van der Waals surface area contributed by atoms with Crippen LogP contribution in [-0.4, -0.2) is 22.8 Å². The summed E-state index contributed by atoms with van der Waals surface area (Å²) in [6, 6.07) is 5.00. The highest BCUT2D eigenvalue weighted by molar-refractivity contribution is 6.21. The van der Waals surface area contributed by atoms with E-state index in [4.69, 9.17) is 5.73 Å². The fourth-order valence-electron chi connectivity index (χ4n) is 3.02. The zero-order valence-electron chi connectivity index (χ0n) is 10.3. The van der Waals surface area contributed by atoms with E-state index in [2.05, 4.69) is 6.92 Å². The lowest BCUT2D eigenvalue weighted by molar-refractivity contribution is 0.0585. The third-order valence-electron chi connectivity index (χ3n) is 3.97. The molecule has 2 unspecified atom stereocenters. The molecule has 0 spiro atoms. The van der Waals surface area contributed by atoms with E-state index in [-0.39, 0.29) is 17.9 Å². The van der Waals surface area contributed by atoms with Crippen LogP contribution in [0.1, 0.15) is 46.9 Å². The minimum atomic E-state index is -0.179. The second-order valence-corrected chi connectivity index (χ2v) is 5.36. The van der Waals surface area contributed by atoms with Crippen molar-refractivity contribution in [1.82, 2.24) is 4.90 Å². The SMILES string of the molecule is CC1CCC(N2C(=O)c3ccc(N)cc3C2=O)C1. The first-order valence-corrected chi connectivity index (χ1v) is 6.35. The highest BCUT2D eigenvalue weighted by Gasteiger charge is 2.41. The van der Waals surface area contributed by atoms with E-state index >= 15 is 0 Å². The van der Waals surface area contributed by atoms with Gasteiger partial charge in [-0.2, -0.15) is 0 Å². The van der Waals surface area contributed by atoms with Crippen LogP contribution in [0, 0.1) is 5.92 Å². The smallest absolute Gasteiger partial charge is 0.261 e. The first-order chi connectivity index (χ1) is 8.58. The molecular weight excluding hydrogens is 228 g/mol. The van der Waals surface area contributed by atoms with Gasteiger partial charge < -0.3 is 5.73 Å². The van der Waals surface area contributed by atoms with Crippen molar-refractivity contribution in [3.63, 3.8) is 0 Å². The molecule has 2 N–H and O–H groups in total. The summed E-state index contributed by atoms with van der Waals surface area (Å²) in [4.78, 5) is 26.0. The Labute approximate surface area is 106 Å². The van der Waals surface area contributed by atoms with Crippen molar-refractivity contribution in [3.8, 4) is 0 Å². The molecule has 2 aliphatic rings. The molecule has 18 heavy (non-hydrogen) atoms. The Kier molecular flexibility index (Phi) is 2.40. The van der Waals surface area contributed by atoms with Gasteiger partial charge in [-0.15, -0.1) is 0 Å². The van der Waals surface area contributed by atoms with Crippen LogP contribution in [0.5, 0.6) is 0 Å². The van der Waals surface area contributed by atoms with Crippen molar-refractivity contribution < 1.29 is 9.59 Å². The number of imide groups is 1. The lowest BCUT2D eigenvalue weighted by atomic mass is 10.1. The number of nitrogens with two attached hydrogens (primary N) is 1. The maximum absolute atomic E-state index is 12.3. The van der Waals surface area contributed by atoms with Crippen molar-refractivity contribution >= 4 is 17.5 Å². The van der Waals surface area contributed by atoms with Crippen LogP contribution in [0.25, 0.3) is 0 Å². The Bertz CT molecular complexity index is 539. The summed E-state index contributed by atoms with van der Waals surface area (Å²) in [6.45, 7) is 2.16. The van der Waals surface area contributed by atoms with E-state index in [1.165, 1.54) is 4.90 Å². The number of amides is 2. The molecule has 1 heterocycles. The lowest BCUT2D eigenvalue weighted by Gasteiger charge is -2.21. The average Bonchev–Trinajstić information content (AvgIpc) is 2.84. The Morgan fingerprint density at radius 2 is 1.89 bits per heavy atom. The van der Waals surface area contributed by atoms with Crippen LogP contribution in [-0.2, 0) is 0 Å². The number of nitrogen functional groups attached to an aromatic ring is 1. The number of hydrogen-bond donors (Lipinski definition) is 1. The van der Waals surface area contributed by atoms with E-state index in [0.717, 1.165) is 19.3 Å². The third-order valence-corrected chi connectivity index (χ3v) is 3.97. The van der Waals surface area contributed by atoms with Gasteiger partial charge in [-0.05, 0) is 43.4 Å². The number of fused-ring (bicyclic) bond motifs is 1. The second kappa shape index (κ2) is 3.83. The zero-order chi connectivity index (χ0) is 12.9. The Balaban J connectivity index is 1.97. The Morgan fingerprint density at radius 3 is 2.56 bits per heavy atom. The third kappa shape index (κ3) is 1.52. The molecule has 0 bridgehead atoms. The number of benzene rings is 1. The number of hydrogen-bond acceptors (Lipinski definition) is 3. The van der Waals surface area contributed by atoms with Crippen molar-refractivity contribution in [2.45, 2.75) is 32.2 Å². The normalized spacial score (nSPS) is 26.8. The average molecular weight is 244 g/mol. The fraction of sp³-hybridized carbons (Fsp3) is 0.429. The highest BCUT2D eigenvalue weighted by Crippen LogP contribution is 2.34. The predicted molar refractivity (Wildman–Crippen MR) is 68.2 cm³/mol. The number of carbonyl (C=O) groups is 2. The van der Waals surface area contributed by atoms with E-state index in [0.29, 0.717) is 22.7 Å². The molecule has 4 nitrogen and oxygen atoms in total. The predicted octanol–water partition coefficient (Wildman–Crippen LogP) is 2.05. The van der Waals surface area contributed by atoms with E-state index in [9.17, 15) is 9.59 Å². The molecule has 1 aliphatic carbocycles. The summed E-state index contributed by atoms with van der Waals surface area (Å²) >= 11 is 0. The fourth-order valence-corrected chi connectivity index (χ4v) is 3.02. The van der Waals surface area contributed by atoms with Gasteiger partial charge in [0.2, 0.25) is 0 Å². The minimum absolute atomic E-state index is 0.0635. The maximum atomic E-state index is 12.3. The summed E-state index contributed by atoms with van der Waals surface area (Å²) in [5, 5.41) is 0. The summed E-state index contributed by atoms with van der Waals surface area (Å²) in [5.41, 5.74) is 7.15. The quantitative estimate of drug-likeness (QED) is 0.607. The van der Waals surface area contributed by atoms with Crippen LogP contribution in [0.15, 0.2) is 18.2 Å². The molecule has 1 fully saturated rings. The summed E-state index contributed by atoms with van der Waals surface area (Å²) in [6.07, 6.45) is 2.92. The summed E-state index contributed by atoms with van der Waals surface area (Å²) in [7, 11) is 0. The molecule has 94 valence electrons. The van der Waals surface area contributed by atoms with Gasteiger partial charge in [0.25, 0.3) is 11.8 Å². The monoisotopic (exact) mass is 244 g/mol. The van der Waals surface area contributed by atoms with Crippen LogP contribution in [0.2, 0.25) is 0 Å². The molecule has 1 saturated carbocycles. The molecule has 1 aliphatic heterocycles. The van der Waals surface area contributed by atoms with E-state index < -0.39 is 0 Å². The molecule has 1 aromatic rings. The van der Waals surface area contributed by atoms with Crippen molar-refractivity contribution in [3.05, 3.63) is 29.3 Å². The molecule has 2 atom stereocenters. The minimum Gasteiger partial charge on any atom is -0.399 e. The lowest BCUT2D eigenvalue weighted by Crippen LogP contribution is -2.38. The summed E-state index contributed by atoms with van der Waals surface area (Å²) in [5.74, 6) is 0.250. The second-order valence-electron chi connectivity index (χ2n) is 5.36. The molecule has 1 aromatic carbocycles. The van der Waals surface area contributed by atoms with E-state index in [1.54, 1.807) is 18.2 Å². The van der Waals surface area contributed by atoms with Gasteiger partial charge in [-0.25, -0.2) is 0 Å². The van der Waals surface area contributed by atoms with Gasteiger partial charge in [-0.3, -0.25) is 14.5 Å². The topological polar surface area (TPSA) is 63.4 Å². The molecule has 0 radical (unpaired) electrons. The van der Waals surface area contributed by atoms with Crippen LogP contribution in [0.3, 0.4) is 0 Å². The number of nitrogens with zero attached hydrogens (tertiary/aromatic N) is 1. The highest BCUT2D eigenvalue weighted by atomic mass is 16.2. The number of anilines is 1. The summed E-state index contributed by atoms with van der Waals surface area (Å²) < 4.78 is 0.